The van der Waals surface area contributed by atoms with Gasteiger partial charge in [-0.05, 0) is 51.2 Å². The number of nitrogens with zero attached hydrogens (tertiary/aromatic N) is 2. The maximum Gasteiger partial charge on any atom is 0.225 e. The molecule has 2 rings (SSSR count). The van der Waals surface area contributed by atoms with E-state index in [0.717, 1.165) is 25.9 Å². The Balaban J connectivity index is 1.86. The summed E-state index contributed by atoms with van der Waals surface area (Å²) < 4.78 is 0. The number of hydrogen-bond donors (Lipinski definition) is 1. The molecule has 1 amide bonds. The van der Waals surface area contributed by atoms with Crippen LogP contribution in [-0.4, -0.2) is 56.0 Å². The van der Waals surface area contributed by atoms with Crippen LogP contribution in [0.3, 0.4) is 0 Å². The summed E-state index contributed by atoms with van der Waals surface area (Å²) in [6.07, 6.45) is 5.82. The van der Waals surface area contributed by atoms with Gasteiger partial charge in [-0.3, -0.25) is 4.79 Å². The molecule has 1 saturated heterocycles. The second-order valence-electron chi connectivity index (χ2n) is 6.52. The van der Waals surface area contributed by atoms with Gasteiger partial charge in [-0.15, -0.1) is 0 Å². The number of carbonyl (C=O) groups excluding carboxylic acids is 1. The molecule has 0 bridgehead atoms. The van der Waals surface area contributed by atoms with Gasteiger partial charge in [0, 0.05) is 26.1 Å². The van der Waals surface area contributed by atoms with Gasteiger partial charge in [0.15, 0.2) is 0 Å². The molecule has 4 heteroatoms. The third-order valence-corrected chi connectivity index (χ3v) is 4.93. The predicted molar refractivity (Wildman–Crippen MR) is 77.7 cm³/mol. The fraction of sp³-hybridized carbons (Fsp3) is 0.933. The van der Waals surface area contributed by atoms with Crippen molar-refractivity contribution in [2.45, 2.75) is 32.1 Å². The SMILES string of the molecule is CN1CCC(CN(C)C(=O)C2CCCCC2CN)C1. The maximum absolute atomic E-state index is 12.6. The first kappa shape index (κ1) is 14.8. The molecule has 0 radical (unpaired) electrons. The molecule has 4 nitrogen and oxygen atoms in total. The normalized spacial score (nSPS) is 32.5. The summed E-state index contributed by atoms with van der Waals surface area (Å²) in [7, 11) is 4.14. The van der Waals surface area contributed by atoms with Crippen LogP contribution in [0.25, 0.3) is 0 Å². The van der Waals surface area contributed by atoms with Crippen LogP contribution in [0.5, 0.6) is 0 Å². The molecule has 110 valence electrons. The first-order valence-corrected chi connectivity index (χ1v) is 7.75. The molecule has 1 aliphatic carbocycles. The number of amides is 1. The standard InChI is InChI=1S/C15H29N3O/c1-17-8-7-12(10-17)11-18(2)15(19)14-6-4-3-5-13(14)9-16/h12-14H,3-11,16H2,1-2H3. The molecule has 19 heavy (non-hydrogen) atoms. The van der Waals surface area contributed by atoms with E-state index in [4.69, 9.17) is 5.73 Å². The van der Waals surface area contributed by atoms with E-state index >= 15 is 0 Å². The van der Waals surface area contributed by atoms with Crippen LogP contribution in [0.15, 0.2) is 0 Å². The Morgan fingerprint density at radius 3 is 2.68 bits per heavy atom. The summed E-state index contributed by atoms with van der Waals surface area (Å²) in [5.41, 5.74) is 5.84. The fourth-order valence-corrected chi connectivity index (χ4v) is 3.75. The Bertz CT molecular complexity index is 308. The first-order chi connectivity index (χ1) is 9.11. The van der Waals surface area contributed by atoms with Crippen LogP contribution in [0.2, 0.25) is 0 Å². The summed E-state index contributed by atoms with van der Waals surface area (Å²) in [6.45, 7) is 3.87. The topological polar surface area (TPSA) is 49.6 Å². The van der Waals surface area contributed by atoms with E-state index < -0.39 is 0 Å². The van der Waals surface area contributed by atoms with Gasteiger partial charge in [0.25, 0.3) is 0 Å². The fourth-order valence-electron chi connectivity index (χ4n) is 3.75. The number of carbonyl (C=O) groups is 1. The monoisotopic (exact) mass is 267 g/mol. The molecule has 0 aromatic rings. The highest BCUT2D eigenvalue weighted by molar-refractivity contribution is 5.79. The van der Waals surface area contributed by atoms with E-state index in [1.54, 1.807) is 0 Å². The highest BCUT2D eigenvalue weighted by Crippen LogP contribution is 2.31. The maximum atomic E-state index is 12.6. The van der Waals surface area contributed by atoms with E-state index in [2.05, 4.69) is 11.9 Å². The van der Waals surface area contributed by atoms with Gasteiger partial charge in [0.2, 0.25) is 5.91 Å². The lowest BCUT2D eigenvalue weighted by Gasteiger charge is -2.33. The second-order valence-corrected chi connectivity index (χ2v) is 6.52. The van der Waals surface area contributed by atoms with Crippen LogP contribution in [-0.2, 0) is 4.79 Å². The summed E-state index contributed by atoms with van der Waals surface area (Å²) in [4.78, 5) is 16.9. The van der Waals surface area contributed by atoms with Crippen molar-refractivity contribution in [1.82, 2.24) is 9.80 Å². The summed E-state index contributed by atoms with van der Waals surface area (Å²) in [5.74, 6) is 1.58. The minimum atomic E-state index is 0.183. The number of rotatable bonds is 4. The first-order valence-electron chi connectivity index (χ1n) is 7.75. The molecule has 0 aromatic heterocycles. The molecular formula is C15H29N3O. The van der Waals surface area contributed by atoms with Gasteiger partial charge < -0.3 is 15.5 Å². The molecule has 3 unspecified atom stereocenters. The van der Waals surface area contributed by atoms with Crippen molar-refractivity contribution in [3.05, 3.63) is 0 Å². The van der Waals surface area contributed by atoms with Gasteiger partial charge >= 0.3 is 0 Å². The molecule has 1 heterocycles. The molecule has 1 aliphatic heterocycles. The average molecular weight is 267 g/mol. The van der Waals surface area contributed by atoms with Crippen LogP contribution in [0, 0.1) is 17.8 Å². The quantitative estimate of drug-likeness (QED) is 0.831. The predicted octanol–water partition coefficient (Wildman–Crippen LogP) is 1.16. The van der Waals surface area contributed by atoms with E-state index in [9.17, 15) is 4.79 Å². The minimum Gasteiger partial charge on any atom is -0.345 e. The second kappa shape index (κ2) is 6.71. The number of nitrogens with two attached hydrogens (primary N) is 1. The Hall–Kier alpha value is -0.610. The smallest absolute Gasteiger partial charge is 0.225 e. The Labute approximate surface area is 117 Å². The Morgan fingerprint density at radius 1 is 1.32 bits per heavy atom. The zero-order chi connectivity index (χ0) is 13.8. The van der Waals surface area contributed by atoms with Gasteiger partial charge in [0.05, 0.1) is 0 Å². The molecule has 2 N–H and O–H groups in total. The van der Waals surface area contributed by atoms with Gasteiger partial charge in [0.1, 0.15) is 0 Å². The molecule has 1 saturated carbocycles. The molecule has 0 spiro atoms. The highest BCUT2D eigenvalue weighted by atomic mass is 16.2. The zero-order valence-electron chi connectivity index (χ0n) is 12.5. The lowest BCUT2D eigenvalue weighted by molar-refractivity contribution is -0.137. The molecule has 0 aromatic carbocycles. The van der Waals surface area contributed by atoms with E-state index in [1.165, 1.54) is 25.8 Å². The van der Waals surface area contributed by atoms with Crippen molar-refractivity contribution in [3.63, 3.8) is 0 Å². The third-order valence-electron chi connectivity index (χ3n) is 4.93. The molecule has 2 aliphatic rings. The summed E-state index contributed by atoms with van der Waals surface area (Å²) in [6, 6.07) is 0. The average Bonchev–Trinajstić information content (AvgIpc) is 2.83. The Kier molecular flexibility index (Phi) is 5.22. The van der Waals surface area contributed by atoms with Crippen molar-refractivity contribution >= 4 is 5.91 Å². The molecule has 2 fully saturated rings. The lowest BCUT2D eigenvalue weighted by atomic mass is 9.78. The minimum absolute atomic E-state index is 0.183. The number of likely N-dealkylation sites (tertiary alicyclic amines) is 1. The van der Waals surface area contributed by atoms with E-state index in [1.807, 2.05) is 11.9 Å². The van der Waals surface area contributed by atoms with Crippen LogP contribution >= 0.6 is 0 Å². The van der Waals surface area contributed by atoms with Gasteiger partial charge in [-0.25, -0.2) is 0 Å². The molecular weight excluding hydrogens is 238 g/mol. The highest BCUT2D eigenvalue weighted by Gasteiger charge is 2.33. The van der Waals surface area contributed by atoms with Crippen molar-refractivity contribution in [1.29, 1.82) is 0 Å². The van der Waals surface area contributed by atoms with Crippen molar-refractivity contribution in [2.24, 2.45) is 23.5 Å². The zero-order valence-corrected chi connectivity index (χ0v) is 12.5. The van der Waals surface area contributed by atoms with Gasteiger partial charge in [-0.1, -0.05) is 12.8 Å². The number of hydrogen-bond acceptors (Lipinski definition) is 3. The third kappa shape index (κ3) is 3.69. The lowest BCUT2D eigenvalue weighted by Crippen LogP contribution is -2.42. The summed E-state index contributed by atoms with van der Waals surface area (Å²) >= 11 is 0. The largest absolute Gasteiger partial charge is 0.345 e. The van der Waals surface area contributed by atoms with E-state index in [-0.39, 0.29) is 5.92 Å². The van der Waals surface area contributed by atoms with Crippen molar-refractivity contribution < 1.29 is 4.79 Å². The van der Waals surface area contributed by atoms with E-state index in [0.29, 0.717) is 24.3 Å². The van der Waals surface area contributed by atoms with Gasteiger partial charge in [-0.2, -0.15) is 0 Å². The van der Waals surface area contributed by atoms with Crippen LogP contribution < -0.4 is 5.73 Å². The summed E-state index contributed by atoms with van der Waals surface area (Å²) in [5, 5.41) is 0. The van der Waals surface area contributed by atoms with Crippen LogP contribution in [0.1, 0.15) is 32.1 Å². The molecule has 3 atom stereocenters. The van der Waals surface area contributed by atoms with Crippen molar-refractivity contribution in [3.8, 4) is 0 Å². The van der Waals surface area contributed by atoms with Crippen LogP contribution in [0.4, 0.5) is 0 Å². The Morgan fingerprint density at radius 2 is 2.05 bits per heavy atom. The van der Waals surface area contributed by atoms with Crippen molar-refractivity contribution in [2.75, 3.05) is 40.3 Å².